The van der Waals surface area contributed by atoms with Crippen LogP contribution in [0.15, 0.2) is 36.4 Å². The molecule has 0 saturated carbocycles. The normalized spacial score (nSPS) is 12.0. The number of benzene rings is 2. The Morgan fingerprint density at radius 2 is 1.81 bits per heavy atom. The van der Waals surface area contributed by atoms with Crippen LogP contribution in [0.2, 0.25) is 0 Å². The van der Waals surface area contributed by atoms with Gasteiger partial charge in [0, 0.05) is 12.0 Å². The van der Waals surface area contributed by atoms with Gasteiger partial charge in [-0.2, -0.15) is 0 Å². The Morgan fingerprint density at radius 1 is 1.08 bits per heavy atom. The fraction of sp³-hybridized carbons (Fsp3) is 0.391. The third kappa shape index (κ3) is 4.81. The second kappa shape index (κ2) is 8.79. The van der Waals surface area contributed by atoms with Crippen LogP contribution in [0.3, 0.4) is 0 Å². The number of carbonyl (C=O) groups excluding carboxylic acids is 2. The van der Waals surface area contributed by atoms with Crippen molar-refractivity contribution in [2.75, 3.05) is 0 Å². The lowest BCUT2D eigenvalue weighted by atomic mass is 9.87. The van der Waals surface area contributed by atoms with Crippen LogP contribution >= 0.6 is 0 Å². The molecule has 0 radical (unpaired) electrons. The summed E-state index contributed by atoms with van der Waals surface area (Å²) in [6.07, 6.45) is 3.77. The van der Waals surface area contributed by atoms with E-state index in [0.29, 0.717) is 12.0 Å². The van der Waals surface area contributed by atoms with Crippen LogP contribution in [-0.2, 0) is 11.2 Å². The minimum absolute atomic E-state index is 0.172. The molecule has 0 bridgehead atoms. The van der Waals surface area contributed by atoms with Gasteiger partial charge in [0.1, 0.15) is 5.78 Å². The second-order valence-electron chi connectivity index (χ2n) is 7.22. The quantitative estimate of drug-likeness (QED) is 0.712. The minimum Gasteiger partial charge on any atom is -0.366 e. The highest BCUT2D eigenvalue weighted by molar-refractivity contribution is 5.94. The van der Waals surface area contributed by atoms with E-state index >= 15 is 0 Å². The molecule has 1 unspecified atom stereocenters. The largest absolute Gasteiger partial charge is 0.366 e. The lowest BCUT2D eigenvalue weighted by Crippen LogP contribution is -2.11. The molecule has 0 saturated heterocycles. The minimum atomic E-state index is -0.414. The van der Waals surface area contributed by atoms with Gasteiger partial charge in [-0.15, -0.1) is 0 Å². The highest BCUT2D eigenvalue weighted by Crippen LogP contribution is 2.32. The summed E-state index contributed by atoms with van der Waals surface area (Å²) in [6.45, 7) is 7.95. The molecule has 1 amide bonds. The number of aryl methyl sites for hydroxylation is 2. The van der Waals surface area contributed by atoms with E-state index in [1.54, 1.807) is 13.0 Å². The number of Topliss-reactive ketones (excluding diaryl/α,β-unsaturated/α-hetero) is 1. The summed E-state index contributed by atoms with van der Waals surface area (Å²) >= 11 is 0. The van der Waals surface area contributed by atoms with E-state index in [9.17, 15) is 9.59 Å². The van der Waals surface area contributed by atoms with Gasteiger partial charge in [-0.1, -0.05) is 44.5 Å². The molecule has 2 N–H and O–H groups in total. The Hall–Kier alpha value is -2.42. The van der Waals surface area contributed by atoms with Crippen molar-refractivity contribution < 1.29 is 9.59 Å². The summed E-state index contributed by atoms with van der Waals surface area (Å²) < 4.78 is 0. The van der Waals surface area contributed by atoms with E-state index in [0.717, 1.165) is 41.5 Å². The summed E-state index contributed by atoms with van der Waals surface area (Å²) in [5, 5.41) is 0. The third-order valence-corrected chi connectivity index (χ3v) is 4.91. The van der Waals surface area contributed by atoms with Crippen LogP contribution in [0.4, 0.5) is 0 Å². The zero-order chi connectivity index (χ0) is 19.3. The summed E-state index contributed by atoms with van der Waals surface area (Å²) in [4.78, 5) is 23.1. The van der Waals surface area contributed by atoms with Crippen molar-refractivity contribution in [2.45, 2.75) is 59.3 Å². The molecule has 0 fully saturated rings. The lowest BCUT2D eigenvalue weighted by molar-refractivity contribution is -0.117. The first-order valence-corrected chi connectivity index (χ1v) is 9.36. The Kier molecular flexibility index (Phi) is 6.73. The number of carbonyl (C=O) groups is 2. The van der Waals surface area contributed by atoms with Crippen molar-refractivity contribution in [1.82, 2.24) is 0 Å². The van der Waals surface area contributed by atoms with Gasteiger partial charge in [0.15, 0.2) is 0 Å². The first kappa shape index (κ1) is 19.9. The Balaban J connectivity index is 2.57. The molecule has 0 heterocycles. The molecule has 2 aromatic rings. The first-order chi connectivity index (χ1) is 12.3. The fourth-order valence-corrected chi connectivity index (χ4v) is 3.35. The molecule has 0 aliphatic carbocycles. The van der Waals surface area contributed by atoms with E-state index in [4.69, 9.17) is 5.73 Å². The first-order valence-electron chi connectivity index (χ1n) is 9.36. The molecule has 2 rings (SSSR count). The van der Waals surface area contributed by atoms with Crippen molar-refractivity contribution in [2.24, 2.45) is 5.73 Å². The van der Waals surface area contributed by atoms with Gasteiger partial charge in [0.2, 0.25) is 5.91 Å². The van der Waals surface area contributed by atoms with Crippen LogP contribution in [-0.4, -0.2) is 11.7 Å². The second-order valence-corrected chi connectivity index (χ2v) is 7.22. The average molecular weight is 351 g/mol. The maximum atomic E-state index is 11.6. The predicted octanol–water partition coefficient (Wildman–Crippen LogP) is 5.19. The molecule has 0 aliphatic rings. The number of ketones is 1. The van der Waals surface area contributed by atoms with Crippen molar-refractivity contribution >= 4 is 11.7 Å². The number of nitrogens with two attached hydrogens (primary N) is 1. The standard InChI is InChI=1S/C23H29NO2/c1-5-6-7-18-10-11-19(16(3)12-17(4)25)13-22(18)21-14-20(23(24)26)9-8-15(21)2/h8-11,13-14,16H,5-7,12H2,1-4H3,(H2,24,26). The van der Waals surface area contributed by atoms with Crippen molar-refractivity contribution in [1.29, 1.82) is 0 Å². The van der Waals surface area contributed by atoms with Crippen LogP contribution in [0.25, 0.3) is 11.1 Å². The van der Waals surface area contributed by atoms with E-state index in [1.807, 2.05) is 12.1 Å². The number of primary amides is 1. The van der Waals surface area contributed by atoms with Gasteiger partial charge in [-0.3, -0.25) is 4.79 Å². The van der Waals surface area contributed by atoms with Gasteiger partial charge in [-0.05, 0) is 72.6 Å². The SMILES string of the molecule is CCCCc1ccc(C(C)CC(C)=O)cc1-c1cc(C(N)=O)ccc1C. The molecule has 0 aromatic heterocycles. The summed E-state index contributed by atoms with van der Waals surface area (Å²) in [7, 11) is 0. The third-order valence-electron chi connectivity index (χ3n) is 4.91. The van der Waals surface area contributed by atoms with Gasteiger partial charge in [-0.25, -0.2) is 0 Å². The Bertz CT molecular complexity index is 808. The average Bonchev–Trinajstić information content (AvgIpc) is 2.59. The number of unbranched alkanes of at least 4 members (excludes halogenated alkanes) is 1. The molecule has 3 heteroatoms. The van der Waals surface area contributed by atoms with Crippen molar-refractivity contribution in [3.05, 3.63) is 58.7 Å². The van der Waals surface area contributed by atoms with E-state index in [2.05, 4.69) is 39.0 Å². The van der Waals surface area contributed by atoms with Gasteiger partial charge >= 0.3 is 0 Å². The Morgan fingerprint density at radius 3 is 2.42 bits per heavy atom. The molecular weight excluding hydrogens is 322 g/mol. The number of hydrogen-bond donors (Lipinski definition) is 1. The number of amides is 1. The molecule has 138 valence electrons. The van der Waals surface area contributed by atoms with Gasteiger partial charge < -0.3 is 10.5 Å². The molecule has 1 atom stereocenters. The molecule has 3 nitrogen and oxygen atoms in total. The summed E-state index contributed by atoms with van der Waals surface area (Å²) in [6, 6.07) is 12.1. The highest BCUT2D eigenvalue weighted by atomic mass is 16.1. The van der Waals surface area contributed by atoms with Crippen LogP contribution in [0, 0.1) is 6.92 Å². The number of rotatable bonds is 8. The number of hydrogen-bond acceptors (Lipinski definition) is 2. The predicted molar refractivity (Wildman–Crippen MR) is 107 cm³/mol. The van der Waals surface area contributed by atoms with E-state index in [1.165, 1.54) is 5.56 Å². The van der Waals surface area contributed by atoms with Crippen molar-refractivity contribution in [3.63, 3.8) is 0 Å². The van der Waals surface area contributed by atoms with Gasteiger partial charge in [0.05, 0.1) is 0 Å². The molecule has 0 aliphatic heterocycles. The smallest absolute Gasteiger partial charge is 0.248 e. The van der Waals surface area contributed by atoms with E-state index < -0.39 is 5.91 Å². The zero-order valence-corrected chi connectivity index (χ0v) is 16.3. The lowest BCUT2D eigenvalue weighted by Gasteiger charge is -2.17. The van der Waals surface area contributed by atoms with Crippen LogP contribution in [0.5, 0.6) is 0 Å². The van der Waals surface area contributed by atoms with E-state index in [-0.39, 0.29) is 11.7 Å². The summed E-state index contributed by atoms with van der Waals surface area (Å²) in [5.74, 6) is -0.0467. The maximum absolute atomic E-state index is 11.6. The Labute approximate surface area is 156 Å². The zero-order valence-electron chi connectivity index (χ0n) is 16.3. The maximum Gasteiger partial charge on any atom is 0.248 e. The van der Waals surface area contributed by atoms with Crippen LogP contribution in [0.1, 0.15) is 73.0 Å². The van der Waals surface area contributed by atoms with Crippen molar-refractivity contribution in [3.8, 4) is 11.1 Å². The van der Waals surface area contributed by atoms with Crippen LogP contribution < -0.4 is 5.73 Å². The molecule has 2 aromatic carbocycles. The van der Waals surface area contributed by atoms with Gasteiger partial charge in [0.25, 0.3) is 0 Å². The monoisotopic (exact) mass is 351 g/mol. The molecule has 26 heavy (non-hydrogen) atoms. The molecule has 0 spiro atoms. The fourth-order valence-electron chi connectivity index (χ4n) is 3.35. The highest BCUT2D eigenvalue weighted by Gasteiger charge is 2.15. The molecular formula is C23H29NO2. The summed E-state index contributed by atoms with van der Waals surface area (Å²) in [5.41, 5.74) is 11.7. The topological polar surface area (TPSA) is 60.2 Å².